The zero-order valence-corrected chi connectivity index (χ0v) is 14.8. The summed E-state index contributed by atoms with van der Waals surface area (Å²) in [6.45, 7) is 1.24. The number of sulfone groups is 1. The van der Waals surface area contributed by atoms with E-state index in [1.807, 2.05) is 0 Å². The van der Waals surface area contributed by atoms with Crippen LogP contribution in [0.5, 0.6) is 5.75 Å². The van der Waals surface area contributed by atoms with Crippen LogP contribution >= 0.6 is 0 Å². The first-order valence-corrected chi connectivity index (χ1v) is 10.7. The van der Waals surface area contributed by atoms with Gasteiger partial charge in [0, 0.05) is 18.8 Å². The lowest BCUT2D eigenvalue weighted by molar-refractivity contribution is 0.401. The molecule has 23 heavy (non-hydrogen) atoms. The monoisotopic (exact) mass is 362 g/mol. The predicted molar refractivity (Wildman–Crippen MR) is 86.9 cm³/mol. The number of benzene rings is 1. The van der Waals surface area contributed by atoms with Crippen molar-refractivity contribution in [1.82, 2.24) is 10.0 Å². The molecule has 1 saturated heterocycles. The number of methoxy groups -OCH3 is 1. The molecule has 7 nitrogen and oxygen atoms in total. The minimum atomic E-state index is -3.84. The summed E-state index contributed by atoms with van der Waals surface area (Å²) in [4.78, 5) is -0.224. The molecule has 130 valence electrons. The second-order valence-corrected chi connectivity index (χ2v) is 9.32. The van der Waals surface area contributed by atoms with E-state index < -0.39 is 19.9 Å². The van der Waals surface area contributed by atoms with Gasteiger partial charge in [0.15, 0.2) is 9.84 Å². The molecule has 1 aromatic rings. The Morgan fingerprint density at radius 1 is 1.30 bits per heavy atom. The summed E-state index contributed by atoms with van der Waals surface area (Å²) in [7, 11) is -6.00. The lowest BCUT2D eigenvalue weighted by Crippen LogP contribution is -2.31. The van der Waals surface area contributed by atoms with Crippen molar-refractivity contribution < 1.29 is 21.6 Å². The zero-order chi connectivity index (χ0) is 17.1. The van der Waals surface area contributed by atoms with Crippen molar-refractivity contribution in [3.05, 3.63) is 18.2 Å². The van der Waals surface area contributed by atoms with E-state index in [0.29, 0.717) is 12.5 Å². The van der Waals surface area contributed by atoms with Crippen molar-refractivity contribution in [2.45, 2.75) is 35.1 Å². The number of rotatable bonds is 7. The maximum atomic E-state index is 12.5. The Hall–Kier alpha value is -1.16. The molecule has 0 saturated carbocycles. The number of hydrogen-bond acceptors (Lipinski definition) is 6. The van der Waals surface area contributed by atoms with E-state index in [0.717, 1.165) is 31.7 Å². The summed E-state index contributed by atoms with van der Waals surface area (Å²) in [6, 6.07) is 4.13. The smallest absolute Gasteiger partial charge is 0.244 e. The SMILES string of the molecule is COc1ccc(S(C)(=O)=O)cc1S(=O)(=O)NCC[C@H]1CCCN1. The predicted octanol–water partition coefficient (Wildman–Crippen LogP) is 0.519. The molecule has 1 aromatic carbocycles. The Morgan fingerprint density at radius 3 is 2.61 bits per heavy atom. The van der Waals surface area contributed by atoms with Crippen LogP contribution in [-0.2, 0) is 19.9 Å². The molecular formula is C14H22N2O5S2. The van der Waals surface area contributed by atoms with E-state index in [2.05, 4.69) is 10.0 Å². The van der Waals surface area contributed by atoms with Gasteiger partial charge in [-0.25, -0.2) is 21.6 Å². The standard InChI is InChI=1S/C14H22N2O5S2/c1-21-13-6-5-12(22(2,17)18)10-14(13)23(19,20)16-9-7-11-4-3-8-15-11/h5-6,10-11,15-16H,3-4,7-9H2,1-2H3/t11-/m1/s1. The van der Waals surface area contributed by atoms with Crippen LogP contribution in [0.4, 0.5) is 0 Å². The highest BCUT2D eigenvalue weighted by atomic mass is 32.2. The zero-order valence-electron chi connectivity index (χ0n) is 13.2. The number of hydrogen-bond donors (Lipinski definition) is 2. The van der Waals surface area contributed by atoms with Gasteiger partial charge in [-0.2, -0.15) is 0 Å². The first kappa shape index (κ1) is 18.2. The molecule has 0 bridgehead atoms. The number of sulfonamides is 1. The third kappa shape index (κ3) is 4.66. The van der Waals surface area contributed by atoms with Crippen molar-refractivity contribution in [1.29, 1.82) is 0 Å². The third-order valence-corrected chi connectivity index (χ3v) is 6.39. The fraction of sp³-hybridized carbons (Fsp3) is 0.571. The average Bonchev–Trinajstić information content (AvgIpc) is 2.98. The van der Waals surface area contributed by atoms with E-state index in [1.165, 1.54) is 19.2 Å². The molecule has 1 heterocycles. The first-order valence-electron chi connectivity index (χ1n) is 7.35. The van der Waals surface area contributed by atoms with Gasteiger partial charge in [-0.15, -0.1) is 0 Å². The summed E-state index contributed by atoms with van der Waals surface area (Å²) in [5.41, 5.74) is 0. The number of nitrogens with one attached hydrogen (secondary N) is 2. The molecule has 0 amide bonds. The Kier molecular flexibility index (Phi) is 5.66. The Balaban J connectivity index is 2.19. The van der Waals surface area contributed by atoms with E-state index in [4.69, 9.17) is 4.74 Å². The van der Waals surface area contributed by atoms with Crippen molar-refractivity contribution >= 4 is 19.9 Å². The molecule has 0 unspecified atom stereocenters. The largest absolute Gasteiger partial charge is 0.495 e. The highest BCUT2D eigenvalue weighted by Gasteiger charge is 2.23. The van der Waals surface area contributed by atoms with Crippen molar-refractivity contribution in [2.24, 2.45) is 0 Å². The number of ether oxygens (including phenoxy) is 1. The van der Waals surface area contributed by atoms with Crippen molar-refractivity contribution in [3.63, 3.8) is 0 Å². The van der Waals surface area contributed by atoms with Crippen LogP contribution in [0.25, 0.3) is 0 Å². The minimum absolute atomic E-state index is 0.0591. The minimum Gasteiger partial charge on any atom is -0.495 e. The molecule has 1 aliphatic rings. The molecule has 0 radical (unpaired) electrons. The third-order valence-electron chi connectivity index (χ3n) is 3.80. The second kappa shape index (κ2) is 7.16. The van der Waals surface area contributed by atoms with Crippen LogP contribution in [0.15, 0.2) is 28.0 Å². The van der Waals surface area contributed by atoms with Gasteiger partial charge in [0.2, 0.25) is 10.0 Å². The van der Waals surface area contributed by atoms with Crippen molar-refractivity contribution in [2.75, 3.05) is 26.5 Å². The van der Waals surface area contributed by atoms with Gasteiger partial charge in [0.05, 0.1) is 12.0 Å². The van der Waals surface area contributed by atoms with Gasteiger partial charge in [-0.05, 0) is 44.0 Å². The van der Waals surface area contributed by atoms with Gasteiger partial charge >= 0.3 is 0 Å². The molecule has 9 heteroatoms. The van der Waals surface area contributed by atoms with E-state index >= 15 is 0 Å². The summed E-state index contributed by atoms with van der Waals surface area (Å²) in [5.74, 6) is 0.115. The lowest BCUT2D eigenvalue weighted by Gasteiger charge is -2.14. The quantitative estimate of drug-likeness (QED) is 0.733. The van der Waals surface area contributed by atoms with Crippen molar-refractivity contribution in [3.8, 4) is 5.75 Å². The van der Waals surface area contributed by atoms with Crippen LogP contribution in [0, 0.1) is 0 Å². The van der Waals surface area contributed by atoms with Gasteiger partial charge in [-0.1, -0.05) is 0 Å². The van der Waals surface area contributed by atoms with E-state index in [1.54, 1.807) is 0 Å². The Bertz CT molecular complexity index is 753. The molecule has 1 aliphatic heterocycles. The maximum absolute atomic E-state index is 12.5. The molecular weight excluding hydrogens is 340 g/mol. The van der Waals surface area contributed by atoms with E-state index in [-0.39, 0.29) is 22.1 Å². The summed E-state index contributed by atoms with van der Waals surface area (Å²) >= 11 is 0. The molecule has 0 aromatic heterocycles. The Labute approximate surface area is 137 Å². The van der Waals surface area contributed by atoms with Gasteiger partial charge in [0.25, 0.3) is 0 Å². The molecule has 1 atom stereocenters. The highest BCUT2D eigenvalue weighted by Crippen LogP contribution is 2.26. The fourth-order valence-electron chi connectivity index (χ4n) is 2.55. The van der Waals surface area contributed by atoms with Crippen LogP contribution in [0.3, 0.4) is 0 Å². The summed E-state index contributed by atoms with van der Waals surface area (Å²) < 4.78 is 55.8. The summed E-state index contributed by atoms with van der Waals surface area (Å²) in [6.07, 6.45) is 3.86. The summed E-state index contributed by atoms with van der Waals surface area (Å²) in [5, 5.41) is 3.30. The molecule has 0 spiro atoms. The lowest BCUT2D eigenvalue weighted by atomic mass is 10.2. The van der Waals surface area contributed by atoms with E-state index in [9.17, 15) is 16.8 Å². The van der Waals surface area contributed by atoms with Gasteiger partial charge in [-0.3, -0.25) is 0 Å². The van der Waals surface area contributed by atoms with Crippen LogP contribution in [0.2, 0.25) is 0 Å². The second-order valence-electron chi connectivity index (χ2n) is 5.56. The molecule has 0 aliphatic carbocycles. The highest BCUT2D eigenvalue weighted by molar-refractivity contribution is 7.91. The van der Waals surface area contributed by atoms with Crippen LogP contribution in [-0.4, -0.2) is 49.3 Å². The van der Waals surface area contributed by atoms with Crippen LogP contribution < -0.4 is 14.8 Å². The van der Waals surface area contributed by atoms with Crippen LogP contribution in [0.1, 0.15) is 19.3 Å². The normalized spacial score (nSPS) is 19.0. The Morgan fingerprint density at radius 2 is 2.04 bits per heavy atom. The first-order chi connectivity index (χ1) is 10.7. The molecule has 1 fully saturated rings. The fourth-order valence-corrected chi connectivity index (χ4v) is 4.51. The van der Waals surface area contributed by atoms with Gasteiger partial charge in [0.1, 0.15) is 10.6 Å². The maximum Gasteiger partial charge on any atom is 0.244 e. The molecule has 2 rings (SSSR count). The topological polar surface area (TPSA) is 102 Å². The molecule has 2 N–H and O–H groups in total. The van der Waals surface area contributed by atoms with Gasteiger partial charge < -0.3 is 10.1 Å². The average molecular weight is 362 g/mol.